The highest BCUT2D eigenvalue weighted by atomic mass is 35.5. The molecule has 0 bridgehead atoms. The van der Waals surface area contributed by atoms with Gasteiger partial charge in [-0.2, -0.15) is 8.42 Å². The molecular weight excluding hydrogens is 691 g/mol. The molecule has 4 heterocycles. The molecule has 2 atom stereocenters. The maximum Gasteiger partial charge on any atom is 0.338 e. The van der Waals surface area contributed by atoms with Crippen molar-refractivity contribution < 1.29 is 41.6 Å². The van der Waals surface area contributed by atoms with Crippen LogP contribution < -0.4 is 10.2 Å². The van der Waals surface area contributed by atoms with Gasteiger partial charge >= 0.3 is 18.0 Å². The zero-order chi connectivity index (χ0) is 34.7. The minimum absolute atomic E-state index is 0.124. The summed E-state index contributed by atoms with van der Waals surface area (Å²) < 4.78 is 45.0. The number of thiazole rings is 1. The van der Waals surface area contributed by atoms with Crippen molar-refractivity contribution in [2.45, 2.75) is 12.1 Å². The number of aromatic nitrogens is 1. The predicted octanol–water partition coefficient (Wildman–Crippen LogP) is 3.28. The molecule has 0 radical (unpaired) electrons. The molecule has 0 spiro atoms. The number of carboxylic acid groups (broad SMARTS) is 1. The summed E-state index contributed by atoms with van der Waals surface area (Å²) in [6, 6.07) is 9.07. The quantitative estimate of drug-likeness (QED) is 0.241. The first kappa shape index (κ1) is 34.9. The number of rotatable bonds is 7. The number of nitrogens with zero attached hydrogens (tertiary/aromatic N) is 5. The molecule has 2 amide bonds. The highest BCUT2D eigenvalue weighted by Gasteiger charge is 2.42. The van der Waals surface area contributed by atoms with Gasteiger partial charge in [0.1, 0.15) is 11.9 Å². The van der Waals surface area contributed by atoms with E-state index in [0.29, 0.717) is 66.8 Å². The number of benzene rings is 2. The standard InChI is InChI=1S/C29H26ClFN6O5S.CH4O3S/c1-42-28(40)23-22(33-25(26-32-8-11-43-26)34-24(23)20-7-4-17(31)12-21(20)30)15-35-9-10-36-19(13-35)14-37(29(36)41)18-5-2-16(3-6-18)27(38)39;1-5(2,3)4/h2-8,11-12,19,24H,9-10,13-15H2,1H3,(H,33,34)(H,38,39);1H3,(H,2,3,4)/t19-,24-;/m0./s1. The maximum atomic E-state index is 13.9. The number of carbonyl (C=O) groups excluding carboxylic acids is 2. The number of aliphatic imine (C=N–C) groups is 1. The Morgan fingerprint density at radius 2 is 1.88 bits per heavy atom. The Morgan fingerprint density at radius 1 is 1.17 bits per heavy atom. The molecule has 3 N–H and O–H groups in total. The van der Waals surface area contributed by atoms with Crippen LogP contribution in [0.3, 0.4) is 0 Å². The number of hydrogen-bond donors (Lipinski definition) is 3. The average molecular weight is 721 g/mol. The van der Waals surface area contributed by atoms with Gasteiger partial charge in [-0.25, -0.2) is 23.8 Å². The molecule has 0 aliphatic carbocycles. The highest BCUT2D eigenvalue weighted by Crippen LogP contribution is 2.37. The van der Waals surface area contributed by atoms with Crippen molar-refractivity contribution in [3.05, 3.63) is 92.3 Å². The third-order valence-electron chi connectivity index (χ3n) is 7.67. The first-order valence-corrected chi connectivity index (χ1v) is 17.4. The summed E-state index contributed by atoms with van der Waals surface area (Å²) in [5.41, 5.74) is 2.03. The summed E-state index contributed by atoms with van der Waals surface area (Å²) in [5, 5.41) is 15.1. The van der Waals surface area contributed by atoms with E-state index in [0.717, 1.165) is 0 Å². The monoisotopic (exact) mass is 720 g/mol. The van der Waals surface area contributed by atoms with Crippen molar-refractivity contribution in [2.75, 3.05) is 51.0 Å². The minimum Gasteiger partial charge on any atom is -0.478 e. The summed E-state index contributed by atoms with van der Waals surface area (Å²) in [5.74, 6) is -1.68. The van der Waals surface area contributed by atoms with Gasteiger partial charge in [-0.15, -0.1) is 11.3 Å². The van der Waals surface area contributed by atoms with Gasteiger partial charge in [0.05, 0.1) is 30.5 Å². The Morgan fingerprint density at radius 3 is 2.48 bits per heavy atom. The lowest BCUT2D eigenvalue weighted by molar-refractivity contribution is -0.136. The van der Waals surface area contributed by atoms with Gasteiger partial charge in [0.25, 0.3) is 10.1 Å². The van der Waals surface area contributed by atoms with Crippen LogP contribution in [0.2, 0.25) is 5.02 Å². The molecule has 18 heteroatoms. The third kappa shape index (κ3) is 7.99. The van der Waals surface area contributed by atoms with Crippen molar-refractivity contribution in [2.24, 2.45) is 4.99 Å². The number of anilines is 1. The summed E-state index contributed by atoms with van der Waals surface area (Å²) in [4.78, 5) is 52.5. The number of halogens is 2. The summed E-state index contributed by atoms with van der Waals surface area (Å²) in [6.07, 6.45) is 2.37. The van der Waals surface area contributed by atoms with Gasteiger partial charge in [-0.1, -0.05) is 17.7 Å². The zero-order valence-electron chi connectivity index (χ0n) is 25.5. The first-order chi connectivity index (χ1) is 22.7. The van der Waals surface area contributed by atoms with Gasteiger partial charge in [-0.3, -0.25) is 19.3 Å². The summed E-state index contributed by atoms with van der Waals surface area (Å²) in [7, 11) is -2.38. The van der Waals surface area contributed by atoms with Gasteiger partial charge in [0.2, 0.25) is 0 Å². The van der Waals surface area contributed by atoms with Crippen molar-refractivity contribution in [1.82, 2.24) is 20.1 Å². The van der Waals surface area contributed by atoms with E-state index in [-0.39, 0.29) is 28.2 Å². The number of ether oxygens (including phenoxy) is 1. The normalized spacial score (nSPS) is 19.6. The molecule has 14 nitrogen and oxygen atoms in total. The number of nitrogens with one attached hydrogen (secondary N) is 1. The van der Waals surface area contributed by atoms with E-state index in [1.54, 1.807) is 23.2 Å². The molecule has 0 unspecified atom stereocenters. The molecule has 48 heavy (non-hydrogen) atoms. The van der Waals surface area contributed by atoms with Crippen LogP contribution in [-0.4, -0.2) is 109 Å². The van der Waals surface area contributed by atoms with Gasteiger partial charge in [0, 0.05) is 66.3 Å². The fourth-order valence-electron chi connectivity index (χ4n) is 5.61. The first-order valence-electron chi connectivity index (χ1n) is 14.3. The summed E-state index contributed by atoms with van der Waals surface area (Å²) >= 11 is 7.83. The van der Waals surface area contributed by atoms with E-state index in [2.05, 4.69) is 15.2 Å². The van der Waals surface area contributed by atoms with Crippen LogP contribution in [0.25, 0.3) is 0 Å². The van der Waals surface area contributed by atoms with Crippen LogP contribution in [0.15, 0.2) is 70.3 Å². The molecule has 3 aliphatic heterocycles. The second-order valence-electron chi connectivity index (χ2n) is 11.0. The van der Waals surface area contributed by atoms with Crippen LogP contribution in [-0.2, 0) is 19.6 Å². The fraction of sp³-hybridized carbons (Fsp3) is 0.300. The number of urea groups is 1. The number of carboxylic acids is 1. The molecular formula is C30H30ClFN6O8S2. The zero-order valence-corrected chi connectivity index (χ0v) is 27.9. The van der Waals surface area contributed by atoms with E-state index in [9.17, 15) is 32.3 Å². The molecule has 1 aromatic heterocycles. The molecule has 2 fully saturated rings. The van der Waals surface area contributed by atoms with E-state index in [4.69, 9.17) is 25.9 Å². The number of hydrogen-bond acceptors (Lipinski definition) is 11. The van der Waals surface area contributed by atoms with Crippen molar-refractivity contribution in [3.8, 4) is 0 Å². The lowest BCUT2D eigenvalue weighted by Gasteiger charge is -2.38. The Bertz CT molecular complexity index is 1880. The minimum atomic E-state index is -3.67. The second-order valence-corrected chi connectivity index (χ2v) is 13.7. The molecule has 254 valence electrons. The van der Waals surface area contributed by atoms with Crippen LogP contribution in [0.1, 0.15) is 27.0 Å². The summed E-state index contributed by atoms with van der Waals surface area (Å²) in [6.45, 7) is 2.28. The van der Waals surface area contributed by atoms with E-state index in [1.807, 2.05) is 10.3 Å². The van der Waals surface area contributed by atoms with Gasteiger partial charge in [0.15, 0.2) is 10.8 Å². The largest absolute Gasteiger partial charge is 0.478 e. The van der Waals surface area contributed by atoms with Gasteiger partial charge < -0.3 is 20.1 Å². The van der Waals surface area contributed by atoms with Crippen LogP contribution in [0.4, 0.5) is 14.9 Å². The second kappa shape index (κ2) is 14.4. The van der Waals surface area contributed by atoms with E-state index >= 15 is 0 Å². The van der Waals surface area contributed by atoms with Crippen LogP contribution in [0.5, 0.6) is 0 Å². The lowest BCUT2D eigenvalue weighted by Crippen LogP contribution is -2.53. The molecule has 2 aromatic carbocycles. The molecule has 0 saturated carbocycles. The van der Waals surface area contributed by atoms with Crippen LogP contribution in [0, 0.1) is 5.82 Å². The molecule has 2 saturated heterocycles. The number of amides is 2. The third-order valence-corrected chi connectivity index (χ3v) is 8.77. The maximum absolute atomic E-state index is 13.9. The number of aromatic carboxylic acids is 1. The lowest BCUT2D eigenvalue weighted by atomic mass is 9.95. The van der Waals surface area contributed by atoms with Crippen molar-refractivity contribution >= 4 is 62.5 Å². The highest BCUT2D eigenvalue weighted by molar-refractivity contribution is 7.85. The average Bonchev–Trinajstić information content (AvgIpc) is 3.68. The number of methoxy groups -OCH3 is 1. The Labute approximate surface area is 283 Å². The fourth-order valence-corrected chi connectivity index (χ4v) is 6.47. The van der Waals surface area contributed by atoms with E-state index < -0.39 is 33.9 Å². The number of piperazine rings is 1. The number of amidine groups is 1. The van der Waals surface area contributed by atoms with Crippen molar-refractivity contribution in [1.29, 1.82) is 0 Å². The predicted molar refractivity (Wildman–Crippen MR) is 176 cm³/mol. The Kier molecular flexibility index (Phi) is 10.4. The van der Waals surface area contributed by atoms with Crippen LogP contribution >= 0.6 is 22.9 Å². The SMILES string of the molecule is COC(=O)C1=C(CN2CCN3C(=O)N(c4ccc(C(=O)O)cc4)C[C@@H]3C2)NC(c2nccs2)=N[C@H]1c1ccc(F)cc1Cl.CS(=O)(=O)O. The number of fused-ring (bicyclic) bond motifs is 1. The topological polar surface area (TPSA) is 182 Å². The van der Waals surface area contributed by atoms with Crippen molar-refractivity contribution in [3.63, 3.8) is 0 Å². The number of esters is 1. The number of carbonyl (C=O) groups is 3. The molecule has 3 aliphatic rings. The Balaban J connectivity index is 0.000000840. The molecule has 6 rings (SSSR count). The Hall–Kier alpha value is -4.42. The molecule has 3 aromatic rings. The van der Waals surface area contributed by atoms with Gasteiger partial charge in [-0.05, 0) is 36.4 Å². The smallest absolute Gasteiger partial charge is 0.338 e. The van der Waals surface area contributed by atoms with E-state index in [1.165, 1.54) is 48.8 Å².